The zero-order chi connectivity index (χ0) is 18.3. The fraction of sp³-hybridized carbons (Fsp3) is 0.182. The first-order chi connectivity index (χ1) is 12.6. The van der Waals surface area contributed by atoms with Gasteiger partial charge in [0.05, 0.1) is 0 Å². The van der Waals surface area contributed by atoms with E-state index in [-0.39, 0.29) is 17.5 Å². The van der Waals surface area contributed by atoms with E-state index in [2.05, 4.69) is 30.3 Å². The van der Waals surface area contributed by atoms with E-state index < -0.39 is 0 Å². The largest absolute Gasteiger partial charge is 0.507 e. The van der Waals surface area contributed by atoms with Crippen LogP contribution in [-0.2, 0) is 17.3 Å². The molecule has 0 fully saturated rings. The first-order valence-corrected chi connectivity index (χ1v) is 9.86. The second kappa shape index (κ2) is 6.71. The van der Waals surface area contributed by atoms with Crippen LogP contribution in [0.5, 0.6) is 17.2 Å². The molecule has 0 amide bonds. The number of rotatable bonds is 3. The van der Waals surface area contributed by atoms with Crippen LogP contribution in [0.4, 0.5) is 0 Å². The molecular weight excluding hydrogens is 344 g/mol. The van der Waals surface area contributed by atoms with E-state index in [0.717, 1.165) is 38.0 Å². The molecule has 0 spiro atoms. The highest BCUT2D eigenvalue weighted by Gasteiger charge is 2.39. The Morgan fingerprint density at radius 3 is 2.31 bits per heavy atom. The van der Waals surface area contributed by atoms with Crippen molar-refractivity contribution in [2.75, 3.05) is 6.61 Å². The molecule has 132 valence electrons. The zero-order valence-corrected chi connectivity index (χ0v) is 15.6. The summed E-state index contributed by atoms with van der Waals surface area (Å²) in [7, 11) is -0.298. The molecule has 3 aromatic rings. The van der Waals surface area contributed by atoms with E-state index in [4.69, 9.17) is 4.74 Å². The molecule has 0 saturated carbocycles. The van der Waals surface area contributed by atoms with Crippen molar-refractivity contribution in [3.63, 3.8) is 0 Å². The standard InChI is InChI=1S/C22H20O3S/c1-14-11-17(12-15(2)22(14)24)26-20-6-4-3-5-18(20)25-19-13-16(9-10-23)7-8-21(19)26/h3-8,11-13,23H,9-10H2,1-2H3/p+1. The number of phenols is 1. The fourth-order valence-electron chi connectivity index (χ4n) is 3.31. The molecule has 3 aromatic carbocycles. The fourth-order valence-corrected chi connectivity index (χ4v) is 5.68. The van der Waals surface area contributed by atoms with Crippen LogP contribution < -0.4 is 4.74 Å². The summed E-state index contributed by atoms with van der Waals surface area (Å²) in [6.07, 6.45) is 0.615. The van der Waals surface area contributed by atoms with E-state index in [1.54, 1.807) is 0 Å². The van der Waals surface area contributed by atoms with Gasteiger partial charge in [0.25, 0.3) is 0 Å². The number of hydrogen-bond donors (Lipinski definition) is 2. The normalized spacial score (nSPS) is 15.1. The monoisotopic (exact) mass is 365 g/mol. The van der Waals surface area contributed by atoms with Gasteiger partial charge in [0.2, 0.25) is 9.79 Å². The third-order valence-electron chi connectivity index (χ3n) is 4.62. The van der Waals surface area contributed by atoms with E-state index in [1.165, 1.54) is 4.90 Å². The second-order valence-electron chi connectivity index (χ2n) is 6.52. The SMILES string of the molecule is Cc1cc([S+]2c3ccccc3Oc3cc(CCO)ccc32)cc(C)c1O. The average molecular weight is 365 g/mol. The number of fused-ring (bicyclic) bond motifs is 2. The first-order valence-electron chi connectivity index (χ1n) is 8.63. The van der Waals surface area contributed by atoms with Gasteiger partial charge in [0.15, 0.2) is 16.4 Å². The van der Waals surface area contributed by atoms with Crippen molar-refractivity contribution in [3.8, 4) is 17.2 Å². The molecular formula is C22H21O3S+. The molecule has 1 atom stereocenters. The number of aliphatic hydroxyl groups is 1. The Kier molecular flexibility index (Phi) is 4.39. The Bertz CT molecular complexity index is 958. The van der Waals surface area contributed by atoms with Crippen LogP contribution in [0.15, 0.2) is 69.3 Å². The predicted octanol–water partition coefficient (Wildman–Crippen LogP) is 4.74. The summed E-state index contributed by atoms with van der Waals surface area (Å²) in [5.41, 5.74) is 2.83. The van der Waals surface area contributed by atoms with Crippen LogP contribution in [-0.4, -0.2) is 16.8 Å². The number of phenolic OH excluding ortho intramolecular Hbond substituents is 1. The van der Waals surface area contributed by atoms with Gasteiger partial charge in [-0.05, 0) is 61.2 Å². The molecule has 0 radical (unpaired) electrons. The molecule has 2 N–H and O–H groups in total. The van der Waals surface area contributed by atoms with Crippen LogP contribution >= 0.6 is 0 Å². The molecule has 26 heavy (non-hydrogen) atoms. The third-order valence-corrected chi connectivity index (χ3v) is 6.88. The number of aryl methyl sites for hydroxylation is 2. The van der Waals surface area contributed by atoms with Gasteiger partial charge in [0.1, 0.15) is 16.6 Å². The Labute approximate surface area is 156 Å². The van der Waals surface area contributed by atoms with Crippen molar-refractivity contribution >= 4 is 10.9 Å². The Hall–Kier alpha value is -2.43. The van der Waals surface area contributed by atoms with Crippen molar-refractivity contribution in [3.05, 3.63) is 71.3 Å². The van der Waals surface area contributed by atoms with E-state index in [0.29, 0.717) is 12.2 Å². The molecule has 4 heteroatoms. The van der Waals surface area contributed by atoms with Gasteiger partial charge in [-0.2, -0.15) is 0 Å². The van der Waals surface area contributed by atoms with Gasteiger partial charge in [-0.1, -0.05) is 18.2 Å². The number of benzene rings is 3. The summed E-state index contributed by atoms with van der Waals surface area (Å²) >= 11 is 0. The zero-order valence-electron chi connectivity index (χ0n) is 14.8. The van der Waals surface area contributed by atoms with Crippen LogP contribution in [0.3, 0.4) is 0 Å². The lowest BCUT2D eigenvalue weighted by Crippen LogP contribution is -2.13. The van der Waals surface area contributed by atoms with Crippen LogP contribution in [0.25, 0.3) is 0 Å². The number of aliphatic hydroxyl groups excluding tert-OH is 1. The summed E-state index contributed by atoms with van der Waals surface area (Å²) in [4.78, 5) is 3.46. The lowest BCUT2D eigenvalue weighted by atomic mass is 10.1. The van der Waals surface area contributed by atoms with Crippen molar-refractivity contribution in [1.82, 2.24) is 0 Å². The first kappa shape index (κ1) is 17.0. The summed E-state index contributed by atoms with van der Waals surface area (Å²) < 4.78 is 6.18. The minimum atomic E-state index is -0.298. The van der Waals surface area contributed by atoms with Crippen LogP contribution in [0.1, 0.15) is 16.7 Å². The van der Waals surface area contributed by atoms with Crippen molar-refractivity contribution < 1.29 is 14.9 Å². The summed E-state index contributed by atoms with van der Waals surface area (Å²) in [6.45, 7) is 4.00. The highest BCUT2D eigenvalue weighted by molar-refractivity contribution is 7.97. The van der Waals surface area contributed by atoms with E-state index in [9.17, 15) is 10.2 Å². The predicted molar refractivity (Wildman–Crippen MR) is 103 cm³/mol. The van der Waals surface area contributed by atoms with Crippen LogP contribution in [0.2, 0.25) is 0 Å². The van der Waals surface area contributed by atoms with E-state index >= 15 is 0 Å². The third kappa shape index (κ3) is 2.85. The van der Waals surface area contributed by atoms with E-state index in [1.807, 2.05) is 38.1 Å². The van der Waals surface area contributed by atoms with Crippen LogP contribution in [0, 0.1) is 13.8 Å². The average Bonchev–Trinajstić information content (AvgIpc) is 2.64. The number of para-hydroxylation sites is 1. The van der Waals surface area contributed by atoms with Gasteiger partial charge < -0.3 is 14.9 Å². The lowest BCUT2D eigenvalue weighted by molar-refractivity contribution is 0.299. The van der Waals surface area contributed by atoms with Gasteiger partial charge >= 0.3 is 0 Å². The summed E-state index contributed by atoms with van der Waals surface area (Å²) in [5.74, 6) is 2.08. The highest BCUT2D eigenvalue weighted by Crippen LogP contribution is 2.47. The van der Waals surface area contributed by atoms with Gasteiger partial charge in [-0.25, -0.2) is 0 Å². The minimum absolute atomic E-state index is 0.122. The molecule has 0 aromatic heterocycles. The molecule has 4 rings (SSSR count). The minimum Gasteiger partial charge on any atom is -0.507 e. The maximum absolute atomic E-state index is 10.2. The molecule has 1 heterocycles. The molecule has 0 saturated heterocycles. The molecule has 0 aliphatic carbocycles. The van der Waals surface area contributed by atoms with Crippen molar-refractivity contribution in [2.24, 2.45) is 0 Å². The van der Waals surface area contributed by atoms with Gasteiger partial charge in [-0.3, -0.25) is 0 Å². The maximum Gasteiger partial charge on any atom is 0.209 e. The summed E-state index contributed by atoms with van der Waals surface area (Å²) in [6, 6.07) is 18.5. The van der Waals surface area contributed by atoms with Crippen molar-refractivity contribution in [2.45, 2.75) is 35.0 Å². The molecule has 1 unspecified atom stereocenters. The van der Waals surface area contributed by atoms with Gasteiger partial charge in [0, 0.05) is 18.7 Å². The molecule has 3 nitrogen and oxygen atoms in total. The smallest absolute Gasteiger partial charge is 0.209 e. The van der Waals surface area contributed by atoms with Gasteiger partial charge in [-0.15, -0.1) is 0 Å². The number of aromatic hydroxyl groups is 1. The lowest BCUT2D eigenvalue weighted by Gasteiger charge is -2.21. The topological polar surface area (TPSA) is 49.7 Å². The second-order valence-corrected chi connectivity index (χ2v) is 8.48. The summed E-state index contributed by atoms with van der Waals surface area (Å²) in [5, 5.41) is 19.4. The molecule has 1 aliphatic heterocycles. The number of hydrogen-bond acceptors (Lipinski definition) is 3. The Morgan fingerprint density at radius 1 is 0.885 bits per heavy atom. The Morgan fingerprint density at radius 2 is 1.58 bits per heavy atom. The highest BCUT2D eigenvalue weighted by atomic mass is 32.2. The number of ether oxygens (including phenoxy) is 1. The Balaban J connectivity index is 1.92. The molecule has 1 aliphatic rings. The van der Waals surface area contributed by atoms with Crippen molar-refractivity contribution in [1.29, 1.82) is 0 Å². The molecule has 0 bridgehead atoms. The quantitative estimate of drug-likeness (QED) is 0.515. The maximum atomic E-state index is 10.2.